The molecular weight excluding hydrogens is 1190 g/mol. The maximum atomic E-state index is 10.2. The molecule has 3 aromatic heterocycles. The molecule has 17 aromatic rings. The highest BCUT2D eigenvalue weighted by atomic mass is 15.0. The van der Waals surface area contributed by atoms with Gasteiger partial charge in [-0.1, -0.05) is 218 Å². The fourth-order valence-corrected chi connectivity index (χ4v) is 13.8. The molecule has 0 aliphatic heterocycles. The predicted octanol–water partition coefficient (Wildman–Crippen LogP) is 23.0. The first-order chi connectivity index (χ1) is 48.4. The van der Waals surface area contributed by atoms with E-state index in [9.17, 15) is 10.5 Å². The molecular formula is C90H54N8. The van der Waals surface area contributed by atoms with Crippen LogP contribution in [-0.2, 0) is 0 Å². The second-order valence-electron chi connectivity index (χ2n) is 24.4. The van der Waals surface area contributed by atoms with Crippen LogP contribution in [0.3, 0.4) is 0 Å². The molecule has 3 heterocycles. The van der Waals surface area contributed by atoms with Gasteiger partial charge in [0.25, 0.3) is 0 Å². The molecule has 0 atom stereocenters. The van der Waals surface area contributed by atoms with E-state index in [1.165, 1.54) is 0 Å². The summed E-state index contributed by atoms with van der Waals surface area (Å²) in [5.41, 5.74) is 24.5. The van der Waals surface area contributed by atoms with Gasteiger partial charge in [-0.15, -0.1) is 0 Å². The van der Waals surface area contributed by atoms with E-state index < -0.39 is 0 Å². The first-order valence-electron chi connectivity index (χ1n) is 32.4. The lowest BCUT2D eigenvalue weighted by Crippen LogP contribution is -2.03. The van der Waals surface area contributed by atoms with Gasteiger partial charge in [0.2, 0.25) is 0 Å². The molecule has 0 aliphatic rings. The van der Waals surface area contributed by atoms with Crippen molar-refractivity contribution in [1.82, 2.24) is 24.1 Å². The summed E-state index contributed by atoms with van der Waals surface area (Å²) < 4.78 is 4.70. The van der Waals surface area contributed by atoms with Crippen molar-refractivity contribution >= 4 is 49.3 Å². The molecule has 0 aliphatic carbocycles. The number of hydrogen-bond acceptors (Lipinski definition) is 5. The minimum Gasteiger partial charge on any atom is -0.309 e. The highest BCUT2D eigenvalue weighted by molar-refractivity contribution is 6.13. The number of aromatic nitrogens is 5. The van der Waals surface area contributed by atoms with Crippen LogP contribution in [0.4, 0.5) is 5.69 Å². The van der Waals surface area contributed by atoms with Crippen LogP contribution in [0.1, 0.15) is 11.1 Å². The molecule has 0 amide bonds. The summed E-state index contributed by atoms with van der Waals surface area (Å²) in [6, 6.07) is 118. The zero-order valence-electron chi connectivity index (χ0n) is 52.8. The van der Waals surface area contributed by atoms with E-state index in [0.717, 1.165) is 150 Å². The van der Waals surface area contributed by atoms with E-state index in [1.54, 1.807) is 0 Å². The van der Waals surface area contributed by atoms with Crippen molar-refractivity contribution in [2.45, 2.75) is 0 Å². The summed E-state index contributed by atoms with van der Waals surface area (Å²) in [6.07, 6.45) is 0. The van der Waals surface area contributed by atoms with Crippen molar-refractivity contribution in [1.29, 1.82) is 10.5 Å². The second kappa shape index (κ2) is 24.6. The van der Waals surface area contributed by atoms with E-state index in [1.807, 2.05) is 109 Å². The quantitative estimate of drug-likeness (QED) is 0.113. The first-order valence-corrected chi connectivity index (χ1v) is 32.4. The second-order valence-corrected chi connectivity index (χ2v) is 24.4. The molecule has 14 aromatic carbocycles. The fraction of sp³-hybridized carbons (Fsp3) is 0. The van der Waals surface area contributed by atoms with Gasteiger partial charge in [-0.3, -0.25) is 0 Å². The van der Waals surface area contributed by atoms with E-state index in [2.05, 4.69) is 245 Å². The van der Waals surface area contributed by atoms with Crippen molar-refractivity contribution in [3.8, 4) is 136 Å². The van der Waals surface area contributed by atoms with Crippen LogP contribution in [0.5, 0.6) is 0 Å². The third kappa shape index (κ3) is 10.6. The van der Waals surface area contributed by atoms with Crippen LogP contribution in [-0.4, -0.2) is 24.1 Å². The minimum absolute atomic E-state index is 0.443. The number of hydrogen-bond donors (Lipinski definition) is 0. The Kier molecular flexibility index (Phi) is 14.5. The average molecular weight is 1250 g/mol. The third-order valence-corrected chi connectivity index (χ3v) is 18.7. The molecule has 454 valence electrons. The Morgan fingerprint density at radius 2 is 0.541 bits per heavy atom. The number of fused-ring (bicyclic) bond motifs is 6. The Hall–Kier alpha value is -13.8. The Balaban J connectivity index is 0.884. The number of benzene rings is 14. The number of rotatable bonds is 12. The summed E-state index contributed by atoms with van der Waals surface area (Å²) in [4.78, 5) is 20.3. The summed E-state index contributed by atoms with van der Waals surface area (Å²) in [5, 5.41) is 24.3. The lowest BCUT2D eigenvalue weighted by atomic mass is 9.96. The van der Waals surface area contributed by atoms with Gasteiger partial charge < -0.3 is 9.13 Å². The van der Waals surface area contributed by atoms with Crippen molar-refractivity contribution in [2.24, 2.45) is 0 Å². The Labute approximate surface area is 566 Å². The molecule has 0 saturated heterocycles. The smallest absolute Gasteiger partial charge is 0.187 e. The molecule has 8 heteroatoms. The highest BCUT2D eigenvalue weighted by Gasteiger charge is 2.24. The molecule has 8 nitrogen and oxygen atoms in total. The van der Waals surface area contributed by atoms with Gasteiger partial charge in [0, 0.05) is 49.6 Å². The van der Waals surface area contributed by atoms with E-state index >= 15 is 0 Å². The van der Waals surface area contributed by atoms with Crippen LogP contribution in [0.25, 0.3) is 172 Å². The van der Waals surface area contributed by atoms with E-state index in [-0.39, 0.29) is 0 Å². The summed E-state index contributed by atoms with van der Waals surface area (Å²) in [5.74, 6) is 1.35. The highest BCUT2D eigenvalue weighted by Crippen LogP contribution is 2.44. The van der Waals surface area contributed by atoms with Crippen molar-refractivity contribution in [3.63, 3.8) is 0 Å². The number of nitrogens with zero attached hydrogens (tertiary/aromatic N) is 8. The van der Waals surface area contributed by atoms with Gasteiger partial charge in [-0.25, -0.2) is 19.8 Å². The van der Waals surface area contributed by atoms with Crippen LogP contribution in [0, 0.1) is 29.2 Å². The van der Waals surface area contributed by atoms with Gasteiger partial charge in [-0.05, 0) is 187 Å². The van der Waals surface area contributed by atoms with Gasteiger partial charge in [0.05, 0.1) is 51.9 Å². The van der Waals surface area contributed by atoms with Crippen LogP contribution in [0.2, 0.25) is 0 Å². The molecule has 0 N–H and O–H groups in total. The zero-order chi connectivity index (χ0) is 65.6. The number of nitriles is 2. The predicted molar refractivity (Wildman–Crippen MR) is 399 cm³/mol. The SMILES string of the molecule is [C-]#[N+]c1ccc(-c2cc(-n3c4ccc(-c5ccccc5)cc4c4cc(-c5ccccc5)ccc43)ccc2-c2nc(-c3ccc(-c4ccc(C#N)cc4)cc3)nc(-c3ccc(-n4c5ccc(-c6ccccc6)cc5c5cc(-c6ccccc6)ccc54)cc3-c3ccc(C#N)cc3)n2)cc1. The molecule has 17 rings (SSSR count). The van der Waals surface area contributed by atoms with Crippen molar-refractivity contribution in [2.75, 3.05) is 0 Å². The topological polar surface area (TPSA) is 100 Å². The van der Waals surface area contributed by atoms with Crippen LogP contribution >= 0.6 is 0 Å². The largest absolute Gasteiger partial charge is 0.309 e. The maximum absolute atomic E-state index is 10.2. The molecule has 0 fully saturated rings. The fourth-order valence-electron chi connectivity index (χ4n) is 13.8. The molecule has 0 saturated carbocycles. The van der Waals surface area contributed by atoms with Crippen LogP contribution < -0.4 is 0 Å². The van der Waals surface area contributed by atoms with Gasteiger partial charge >= 0.3 is 0 Å². The Bertz CT molecular complexity index is 5560. The summed E-state index contributed by atoms with van der Waals surface area (Å²) in [6.45, 7) is 7.97. The summed E-state index contributed by atoms with van der Waals surface area (Å²) >= 11 is 0. The van der Waals surface area contributed by atoms with Crippen molar-refractivity contribution < 1.29 is 0 Å². The van der Waals surface area contributed by atoms with Gasteiger partial charge in [0.15, 0.2) is 23.2 Å². The average Bonchev–Trinajstić information content (AvgIpc) is 1.68. The standard InChI is InChI=1S/C90H54N8/c1-93-73-40-34-67(35-41-73)79-55-75(98-86-48-38-71(62-18-10-4-11-19-62)52-82(86)83-53-72(39-49-87(83)98)63-20-12-5-13-21-63)43-45-77(79)90-95-88(68-32-30-65(31-33-68)64-26-22-58(56-91)23-27-64)94-89(96-90)76-44-42-74(54-78(76)66-28-24-59(57-92)25-29-66)97-84-46-36-69(60-14-6-2-7-15-60)50-80(84)81-51-70(37-47-85(81)97)61-16-8-3-9-17-61/h2-55H. The third-order valence-electron chi connectivity index (χ3n) is 18.7. The van der Waals surface area contributed by atoms with Crippen molar-refractivity contribution in [3.05, 3.63) is 350 Å². The molecule has 0 spiro atoms. The normalized spacial score (nSPS) is 11.2. The molecule has 0 radical (unpaired) electrons. The van der Waals surface area contributed by atoms with Gasteiger partial charge in [-0.2, -0.15) is 10.5 Å². The summed E-state index contributed by atoms with van der Waals surface area (Å²) in [7, 11) is 0. The van der Waals surface area contributed by atoms with E-state index in [4.69, 9.17) is 21.5 Å². The Morgan fingerprint density at radius 3 is 0.878 bits per heavy atom. The Morgan fingerprint density at radius 1 is 0.255 bits per heavy atom. The lowest BCUT2D eigenvalue weighted by Gasteiger charge is -2.17. The first kappa shape index (κ1) is 58.0. The van der Waals surface area contributed by atoms with Crippen LogP contribution in [0.15, 0.2) is 328 Å². The molecule has 0 bridgehead atoms. The van der Waals surface area contributed by atoms with Gasteiger partial charge in [0.1, 0.15) is 0 Å². The minimum atomic E-state index is 0.443. The van der Waals surface area contributed by atoms with E-state index in [0.29, 0.717) is 34.3 Å². The maximum Gasteiger partial charge on any atom is 0.187 e. The lowest BCUT2D eigenvalue weighted by molar-refractivity contribution is 1.07. The molecule has 98 heavy (non-hydrogen) atoms. The zero-order valence-corrected chi connectivity index (χ0v) is 52.8. The molecule has 0 unspecified atom stereocenters. The monoisotopic (exact) mass is 1250 g/mol.